The van der Waals surface area contributed by atoms with Gasteiger partial charge < -0.3 is 0 Å². The maximum absolute atomic E-state index is 10.3. The second kappa shape index (κ2) is 5.11. The first-order valence-electron chi connectivity index (χ1n) is 6.07. The van der Waals surface area contributed by atoms with Gasteiger partial charge in [0.25, 0.3) is 0 Å². The maximum Gasteiger partial charge on any atom is 0.142 e. The molecule has 1 atom stereocenters. The molecule has 0 saturated heterocycles. The Bertz CT molecular complexity index is 404. The summed E-state index contributed by atoms with van der Waals surface area (Å²) in [7, 11) is 0. The molecule has 0 N–H and O–H groups in total. The smallest absolute Gasteiger partial charge is 0.142 e. The van der Waals surface area contributed by atoms with E-state index in [1.165, 1.54) is 36.8 Å². The molecule has 2 rings (SSSR count). The lowest BCUT2D eigenvalue weighted by Gasteiger charge is -2.04. The molecule has 84 valence electrons. The minimum atomic E-state index is 0.827. The molecule has 0 saturated carbocycles. The minimum absolute atomic E-state index is 0.827. The number of aldehydes is 1. The maximum atomic E-state index is 10.3. The third-order valence-corrected chi connectivity index (χ3v) is 3.31. The summed E-state index contributed by atoms with van der Waals surface area (Å²) in [5.74, 6) is 0.838. The van der Waals surface area contributed by atoms with Crippen molar-refractivity contribution >= 4 is 12.4 Å². The van der Waals surface area contributed by atoms with E-state index in [1.807, 2.05) is 6.08 Å². The lowest BCUT2D eigenvalue weighted by Crippen LogP contribution is -1.97. The highest BCUT2D eigenvalue weighted by atomic mass is 16.1. The van der Waals surface area contributed by atoms with Gasteiger partial charge in [-0.2, -0.15) is 0 Å². The van der Waals surface area contributed by atoms with Crippen LogP contribution in [-0.4, -0.2) is 6.29 Å². The number of hydrogen-bond donors (Lipinski definition) is 0. The van der Waals surface area contributed by atoms with Gasteiger partial charge in [-0.15, -0.1) is 0 Å². The molecule has 0 bridgehead atoms. The first-order valence-corrected chi connectivity index (χ1v) is 6.07. The Morgan fingerprint density at radius 2 is 2.12 bits per heavy atom. The Labute approximate surface area is 97.2 Å². The highest BCUT2D eigenvalue weighted by Crippen LogP contribution is 2.30. The number of rotatable bonds is 4. The minimum Gasteiger partial charge on any atom is -0.299 e. The van der Waals surface area contributed by atoms with E-state index in [4.69, 9.17) is 0 Å². The van der Waals surface area contributed by atoms with Crippen LogP contribution in [0.1, 0.15) is 36.5 Å². The van der Waals surface area contributed by atoms with Gasteiger partial charge in [0.05, 0.1) is 0 Å². The summed E-state index contributed by atoms with van der Waals surface area (Å²) < 4.78 is 0. The quantitative estimate of drug-likeness (QED) is 0.554. The first kappa shape index (κ1) is 11.1. The van der Waals surface area contributed by atoms with Crippen molar-refractivity contribution in [3.8, 4) is 0 Å². The van der Waals surface area contributed by atoms with Crippen molar-refractivity contribution < 1.29 is 4.79 Å². The highest BCUT2D eigenvalue weighted by molar-refractivity contribution is 5.74. The molecule has 1 aromatic carbocycles. The van der Waals surface area contributed by atoms with Crippen LogP contribution in [0.25, 0.3) is 6.08 Å². The van der Waals surface area contributed by atoms with Crippen LogP contribution in [0, 0.1) is 5.92 Å². The predicted molar refractivity (Wildman–Crippen MR) is 67.3 cm³/mol. The lowest BCUT2D eigenvalue weighted by atomic mass is 10.0. The average molecular weight is 214 g/mol. The topological polar surface area (TPSA) is 17.1 Å². The summed E-state index contributed by atoms with van der Waals surface area (Å²) in [6.45, 7) is 2.25. The van der Waals surface area contributed by atoms with Gasteiger partial charge in [-0.25, -0.2) is 0 Å². The molecule has 0 heterocycles. The van der Waals surface area contributed by atoms with Crippen molar-refractivity contribution in [2.45, 2.75) is 32.6 Å². The molecule has 1 unspecified atom stereocenters. The predicted octanol–water partition coefficient (Wildman–Crippen LogP) is 3.41. The standard InChI is InChI=1S/C15H18O/c1-2-4-13-10-14-7-6-12(5-3-8-16)9-15(14)11-13/h3,5-9,13H,2,4,10-11H2,1H3. The van der Waals surface area contributed by atoms with E-state index in [2.05, 4.69) is 25.1 Å². The Balaban J connectivity index is 2.14. The molecular formula is C15H18O. The second-order valence-corrected chi connectivity index (χ2v) is 4.59. The summed E-state index contributed by atoms with van der Waals surface area (Å²) in [6.07, 6.45) is 9.31. The lowest BCUT2D eigenvalue weighted by molar-refractivity contribution is -0.104. The molecule has 1 aromatic rings. The number of fused-ring (bicyclic) bond motifs is 1. The Morgan fingerprint density at radius 1 is 1.31 bits per heavy atom. The van der Waals surface area contributed by atoms with Crippen LogP contribution in [0.2, 0.25) is 0 Å². The van der Waals surface area contributed by atoms with Crippen LogP contribution >= 0.6 is 0 Å². The molecule has 0 radical (unpaired) electrons. The fourth-order valence-corrected chi connectivity index (χ4v) is 2.60. The zero-order valence-corrected chi connectivity index (χ0v) is 9.78. The fraction of sp³-hybridized carbons (Fsp3) is 0.400. The van der Waals surface area contributed by atoms with Crippen molar-refractivity contribution in [1.82, 2.24) is 0 Å². The van der Waals surface area contributed by atoms with Crippen molar-refractivity contribution in [2.75, 3.05) is 0 Å². The molecule has 1 heteroatoms. The van der Waals surface area contributed by atoms with Gasteiger partial charge in [-0.05, 0) is 41.5 Å². The van der Waals surface area contributed by atoms with E-state index in [-0.39, 0.29) is 0 Å². The molecule has 16 heavy (non-hydrogen) atoms. The van der Waals surface area contributed by atoms with Gasteiger partial charge in [0.1, 0.15) is 6.29 Å². The van der Waals surface area contributed by atoms with Gasteiger partial charge in [-0.3, -0.25) is 4.79 Å². The molecule has 1 aliphatic carbocycles. The normalized spacial score (nSPS) is 18.9. The van der Waals surface area contributed by atoms with Gasteiger partial charge in [0.2, 0.25) is 0 Å². The zero-order chi connectivity index (χ0) is 11.4. The van der Waals surface area contributed by atoms with Crippen LogP contribution in [0.15, 0.2) is 24.3 Å². The van der Waals surface area contributed by atoms with Crippen LogP contribution in [0.3, 0.4) is 0 Å². The van der Waals surface area contributed by atoms with Gasteiger partial charge in [0.15, 0.2) is 0 Å². The van der Waals surface area contributed by atoms with Gasteiger partial charge >= 0.3 is 0 Å². The Hall–Kier alpha value is -1.37. The Kier molecular flexibility index (Phi) is 3.55. The largest absolute Gasteiger partial charge is 0.299 e. The zero-order valence-electron chi connectivity index (χ0n) is 9.78. The average Bonchev–Trinajstić information content (AvgIpc) is 2.68. The fourth-order valence-electron chi connectivity index (χ4n) is 2.60. The van der Waals surface area contributed by atoms with Crippen LogP contribution in [0.5, 0.6) is 0 Å². The molecular weight excluding hydrogens is 196 g/mol. The SMILES string of the molecule is CCCC1Cc2ccc(C=CC=O)cc2C1. The van der Waals surface area contributed by atoms with Gasteiger partial charge in [-0.1, -0.05) is 44.0 Å². The van der Waals surface area contributed by atoms with E-state index in [0.717, 1.165) is 17.8 Å². The van der Waals surface area contributed by atoms with E-state index >= 15 is 0 Å². The monoisotopic (exact) mass is 214 g/mol. The second-order valence-electron chi connectivity index (χ2n) is 4.59. The molecule has 0 amide bonds. The van der Waals surface area contributed by atoms with Crippen molar-refractivity contribution in [3.05, 3.63) is 41.0 Å². The summed E-state index contributed by atoms with van der Waals surface area (Å²) in [5, 5.41) is 0. The molecule has 1 nitrogen and oxygen atoms in total. The Morgan fingerprint density at radius 3 is 2.88 bits per heavy atom. The number of carbonyl (C=O) groups is 1. The van der Waals surface area contributed by atoms with E-state index in [9.17, 15) is 4.79 Å². The third kappa shape index (κ3) is 2.41. The number of hydrogen-bond acceptors (Lipinski definition) is 1. The number of carbonyl (C=O) groups excluding carboxylic acids is 1. The highest BCUT2D eigenvalue weighted by Gasteiger charge is 2.20. The molecule has 0 aromatic heterocycles. The molecule has 0 aliphatic heterocycles. The van der Waals surface area contributed by atoms with E-state index in [1.54, 1.807) is 6.08 Å². The van der Waals surface area contributed by atoms with Gasteiger partial charge in [0, 0.05) is 0 Å². The number of allylic oxidation sites excluding steroid dienone is 1. The van der Waals surface area contributed by atoms with Crippen molar-refractivity contribution in [2.24, 2.45) is 5.92 Å². The van der Waals surface area contributed by atoms with Crippen molar-refractivity contribution in [3.63, 3.8) is 0 Å². The molecule has 0 fully saturated rings. The van der Waals surface area contributed by atoms with Crippen LogP contribution in [-0.2, 0) is 17.6 Å². The van der Waals surface area contributed by atoms with E-state index < -0.39 is 0 Å². The summed E-state index contributed by atoms with van der Waals surface area (Å²) in [5.41, 5.74) is 4.12. The van der Waals surface area contributed by atoms with E-state index in [0.29, 0.717) is 0 Å². The number of benzene rings is 1. The van der Waals surface area contributed by atoms with Crippen LogP contribution in [0.4, 0.5) is 0 Å². The molecule has 0 spiro atoms. The van der Waals surface area contributed by atoms with Crippen LogP contribution < -0.4 is 0 Å². The molecule has 1 aliphatic rings. The third-order valence-electron chi connectivity index (χ3n) is 3.31. The first-order chi connectivity index (χ1) is 7.83. The summed E-state index contributed by atoms with van der Waals surface area (Å²) in [4.78, 5) is 10.3. The summed E-state index contributed by atoms with van der Waals surface area (Å²) in [6, 6.07) is 6.55. The van der Waals surface area contributed by atoms with Crippen molar-refractivity contribution in [1.29, 1.82) is 0 Å². The summed E-state index contributed by atoms with van der Waals surface area (Å²) >= 11 is 0.